The van der Waals surface area contributed by atoms with Crippen molar-refractivity contribution in [2.75, 3.05) is 5.32 Å². The Labute approximate surface area is 179 Å². The fraction of sp³-hybridized carbons (Fsp3) is 0.300. The minimum atomic E-state index is -0.573. The third-order valence-corrected chi connectivity index (χ3v) is 6.83. The van der Waals surface area contributed by atoms with Crippen molar-refractivity contribution in [2.24, 2.45) is 5.92 Å². The van der Waals surface area contributed by atoms with Crippen LogP contribution in [0, 0.1) is 11.7 Å². The lowest BCUT2D eigenvalue weighted by atomic mass is 9.89. The topological polar surface area (TPSA) is 81.3 Å². The molecule has 5 rings (SSSR count). The van der Waals surface area contributed by atoms with Gasteiger partial charge in [0.2, 0.25) is 5.91 Å². The maximum atomic E-state index is 13.3. The molecule has 0 spiro atoms. The van der Waals surface area contributed by atoms with Crippen molar-refractivity contribution < 1.29 is 9.18 Å². The molecule has 1 aliphatic rings. The number of amides is 1. The van der Waals surface area contributed by atoms with Crippen LogP contribution in [0.15, 0.2) is 29.3 Å². The molecule has 1 aromatic carbocycles. The molecule has 30 heavy (non-hydrogen) atoms. The molecule has 0 saturated heterocycles. The van der Waals surface area contributed by atoms with Crippen LogP contribution in [0.1, 0.15) is 23.8 Å². The van der Waals surface area contributed by atoms with E-state index in [0.29, 0.717) is 17.3 Å². The lowest BCUT2D eigenvalue weighted by Crippen LogP contribution is -2.28. The molecule has 1 aliphatic carbocycles. The first kappa shape index (κ1) is 19.2. The maximum absolute atomic E-state index is 13.3. The largest absolute Gasteiger partial charge is 0.352 e. The third-order valence-electron chi connectivity index (χ3n) is 5.37. The van der Waals surface area contributed by atoms with Crippen molar-refractivity contribution in [1.82, 2.24) is 19.2 Å². The highest BCUT2D eigenvalue weighted by molar-refractivity contribution is 7.19. The molecule has 0 bridgehead atoms. The number of hydrogen-bond acceptors (Lipinski definition) is 5. The first-order valence-electron chi connectivity index (χ1n) is 9.54. The molecule has 0 saturated carbocycles. The van der Waals surface area contributed by atoms with Crippen LogP contribution in [0.2, 0.25) is 5.02 Å². The van der Waals surface area contributed by atoms with Gasteiger partial charge >= 0.3 is 5.69 Å². The highest BCUT2D eigenvalue weighted by Crippen LogP contribution is 2.38. The van der Waals surface area contributed by atoms with Crippen LogP contribution >= 0.6 is 22.9 Å². The molecule has 3 heterocycles. The molecule has 4 aromatic rings. The van der Waals surface area contributed by atoms with Crippen molar-refractivity contribution in [3.8, 4) is 0 Å². The number of hydrogen-bond donors (Lipinski definition) is 1. The summed E-state index contributed by atoms with van der Waals surface area (Å²) in [5, 5.41) is 7.86. The predicted molar refractivity (Wildman–Crippen MR) is 114 cm³/mol. The quantitative estimate of drug-likeness (QED) is 0.521. The molecule has 0 unspecified atom stereocenters. The third kappa shape index (κ3) is 3.18. The van der Waals surface area contributed by atoms with E-state index in [-0.39, 0.29) is 11.6 Å². The molecule has 1 atom stereocenters. The monoisotopic (exact) mass is 445 g/mol. The van der Waals surface area contributed by atoms with E-state index >= 15 is 0 Å². The number of carbonyl (C=O) groups excluding carboxylic acids is 1. The maximum Gasteiger partial charge on any atom is 0.352 e. The van der Waals surface area contributed by atoms with Gasteiger partial charge in [-0.1, -0.05) is 18.5 Å². The van der Waals surface area contributed by atoms with Gasteiger partial charge in [0.25, 0.3) is 0 Å². The van der Waals surface area contributed by atoms with Gasteiger partial charge in [0.05, 0.1) is 10.4 Å². The molecule has 1 N–H and O–H groups in total. The molecule has 0 radical (unpaired) electrons. The number of aryl methyl sites for hydroxylation is 1. The number of carbonyl (C=O) groups is 1. The Bertz CT molecular complexity index is 1380. The zero-order valence-corrected chi connectivity index (χ0v) is 17.6. The summed E-state index contributed by atoms with van der Waals surface area (Å²) < 4.78 is 15.8. The van der Waals surface area contributed by atoms with Crippen LogP contribution in [-0.2, 0) is 24.2 Å². The Hall–Kier alpha value is -2.78. The number of rotatable bonds is 3. The van der Waals surface area contributed by atoms with Gasteiger partial charge in [-0.25, -0.2) is 23.3 Å². The van der Waals surface area contributed by atoms with Crippen molar-refractivity contribution >= 4 is 50.4 Å². The smallest absolute Gasteiger partial charge is 0.324 e. The Morgan fingerprint density at radius 2 is 2.27 bits per heavy atom. The Morgan fingerprint density at radius 1 is 1.43 bits per heavy atom. The van der Waals surface area contributed by atoms with Crippen molar-refractivity contribution in [3.63, 3.8) is 0 Å². The fourth-order valence-corrected chi connectivity index (χ4v) is 5.40. The van der Waals surface area contributed by atoms with Gasteiger partial charge in [0.15, 0.2) is 5.65 Å². The standard InChI is InChI=1S/C20H17ClFN5O2S/c1-10-2-4-12-15(6-10)30-19-17(12)18-25-27(20(29)26(18)9-23-19)8-16(28)24-11-3-5-14(22)13(21)7-11/h3,5,7,9-10H,2,4,6,8H2,1H3,(H,24,28)/t10-/m1/s1. The Kier molecular flexibility index (Phi) is 4.59. The molecule has 10 heteroatoms. The first-order chi connectivity index (χ1) is 14.4. The van der Waals surface area contributed by atoms with E-state index in [4.69, 9.17) is 11.6 Å². The zero-order valence-electron chi connectivity index (χ0n) is 16.0. The normalized spacial score (nSPS) is 16.2. The van der Waals surface area contributed by atoms with Gasteiger partial charge in [0, 0.05) is 10.6 Å². The summed E-state index contributed by atoms with van der Waals surface area (Å²) in [6.45, 7) is 1.96. The number of fused-ring (bicyclic) bond motifs is 5. The Morgan fingerprint density at radius 3 is 3.07 bits per heavy atom. The van der Waals surface area contributed by atoms with Gasteiger partial charge in [-0.05, 0) is 48.9 Å². The molecule has 154 valence electrons. The number of anilines is 1. The van der Waals surface area contributed by atoms with E-state index < -0.39 is 17.4 Å². The highest BCUT2D eigenvalue weighted by Gasteiger charge is 2.24. The van der Waals surface area contributed by atoms with Gasteiger partial charge in [-0.3, -0.25) is 4.79 Å². The zero-order chi connectivity index (χ0) is 21.0. The van der Waals surface area contributed by atoms with Crippen molar-refractivity contribution in [3.05, 3.63) is 56.3 Å². The molecular formula is C20H17ClFN5O2S. The van der Waals surface area contributed by atoms with Crippen molar-refractivity contribution in [2.45, 2.75) is 32.7 Å². The minimum absolute atomic E-state index is 0.0947. The van der Waals surface area contributed by atoms with Crippen LogP contribution < -0.4 is 11.0 Å². The lowest BCUT2D eigenvalue weighted by molar-refractivity contribution is -0.117. The Balaban J connectivity index is 1.50. The summed E-state index contributed by atoms with van der Waals surface area (Å²) in [5.74, 6) is -0.408. The van der Waals surface area contributed by atoms with Crippen LogP contribution in [0.4, 0.5) is 10.1 Å². The van der Waals surface area contributed by atoms with Crippen LogP contribution in [0.25, 0.3) is 15.9 Å². The van der Waals surface area contributed by atoms with Crippen LogP contribution in [0.5, 0.6) is 0 Å². The number of nitrogens with one attached hydrogen (secondary N) is 1. The van der Waals surface area contributed by atoms with E-state index in [1.165, 1.54) is 33.3 Å². The fourth-order valence-electron chi connectivity index (χ4n) is 3.88. The van der Waals surface area contributed by atoms with Gasteiger partial charge in [-0.15, -0.1) is 16.4 Å². The number of thiophene rings is 1. The second-order valence-corrected chi connectivity index (χ2v) is 9.08. The lowest BCUT2D eigenvalue weighted by Gasteiger charge is -2.17. The summed E-state index contributed by atoms with van der Waals surface area (Å²) in [7, 11) is 0. The van der Waals surface area contributed by atoms with E-state index in [9.17, 15) is 14.0 Å². The average Bonchev–Trinajstić information content (AvgIpc) is 3.22. The molecule has 7 nitrogen and oxygen atoms in total. The van der Waals surface area contributed by atoms with E-state index in [1.54, 1.807) is 11.3 Å². The van der Waals surface area contributed by atoms with Crippen molar-refractivity contribution in [1.29, 1.82) is 0 Å². The van der Waals surface area contributed by atoms with Gasteiger partial charge in [0.1, 0.15) is 23.5 Å². The second kappa shape index (κ2) is 7.17. The predicted octanol–water partition coefficient (Wildman–Crippen LogP) is 3.66. The summed E-state index contributed by atoms with van der Waals surface area (Å²) in [6.07, 6.45) is 4.50. The van der Waals surface area contributed by atoms with Gasteiger partial charge < -0.3 is 5.32 Å². The van der Waals surface area contributed by atoms with Crippen LogP contribution in [-0.4, -0.2) is 25.1 Å². The number of nitrogens with zero attached hydrogens (tertiary/aromatic N) is 4. The second-order valence-electron chi connectivity index (χ2n) is 7.59. The number of benzene rings is 1. The minimum Gasteiger partial charge on any atom is -0.324 e. The molecular weight excluding hydrogens is 429 g/mol. The van der Waals surface area contributed by atoms with Crippen LogP contribution in [0.3, 0.4) is 0 Å². The van der Waals surface area contributed by atoms with Gasteiger partial charge in [-0.2, -0.15) is 0 Å². The summed E-state index contributed by atoms with van der Waals surface area (Å²) in [5.41, 5.74) is 1.65. The van der Waals surface area contributed by atoms with E-state index in [0.717, 1.165) is 40.2 Å². The molecule has 1 amide bonds. The number of aromatic nitrogens is 4. The van der Waals surface area contributed by atoms with E-state index in [2.05, 4.69) is 22.3 Å². The van der Waals surface area contributed by atoms with E-state index in [1.807, 2.05) is 0 Å². The summed E-state index contributed by atoms with van der Waals surface area (Å²) >= 11 is 7.40. The highest BCUT2D eigenvalue weighted by atomic mass is 35.5. The number of halogens is 2. The first-order valence-corrected chi connectivity index (χ1v) is 10.7. The molecule has 0 fully saturated rings. The molecule has 3 aromatic heterocycles. The molecule has 0 aliphatic heterocycles. The summed E-state index contributed by atoms with van der Waals surface area (Å²) in [4.78, 5) is 31.8. The summed E-state index contributed by atoms with van der Waals surface area (Å²) in [6, 6.07) is 3.88. The average molecular weight is 446 g/mol. The SMILES string of the molecule is C[C@@H]1CCc2c(sc3ncn4c(=O)n(CC(=O)Nc5ccc(F)c(Cl)c5)nc4c23)C1.